The van der Waals surface area contributed by atoms with E-state index in [1.807, 2.05) is 0 Å². The van der Waals surface area contributed by atoms with Crippen LogP contribution < -0.4 is 4.72 Å². The minimum Gasteiger partial charge on any atom is -0.477 e. The largest absolute Gasteiger partial charge is 0.477 e. The lowest BCUT2D eigenvalue weighted by atomic mass is 10.3. The predicted molar refractivity (Wildman–Crippen MR) is 62.9 cm³/mol. The van der Waals surface area contributed by atoms with Crippen LogP contribution in [0, 0.1) is 6.92 Å². The fourth-order valence-corrected chi connectivity index (χ4v) is 3.97. The second-order valence-electron chi connectivity index (χ2n) is 3.58. The van der Waals surface area contributed by atoms with Gasteiger partial charge < -0.3 is 10.2 Å². The minimum absolute atomic E-state index is 0.156. The van der Waals surface area contributed by atoms with Crippen molar-refractivity contribution in [3.8, 4) is 0 Å². The van der Waals surface area contributed by atoms with E-state index in [9.17, 15) is 13.2 Å². The highest BCUT2D eigenvalue weighted by atomic mass is 32.2. The van der Waals surface area contributed by atoms with Gasteiger partial charge in [-0.15, -0.1) is 11.3 Å². The van der Waals surface area contributed by atoms with E-state index >= 15 is 0 Å². The average Bonchev–Trinajstić information content (AvgIpc) is 2.58. The van der Waals surface area contributed by atoms with Gasteiger partial charge in [-0.2, -0.15) is 0 Å². The lowest BCUT2D eigenvalue weighted by Gasteiger charge is -2.09. The van der Waals surface area contributed by atoms with Gasteiger partial charge in [0.25, 0.3) is 0 Å². The first kappa shape index (κ1) is 14.1. The third kappa shape index (κ3) is 3.25. The molecule has 1 heterocycles. The number of hydrogen-bond acceptors (Lipinski definition) is 5. The minimum atomic E-state index is -3.90. The zero-order valence-electron chi connectivity index (χ0n) is 9.30. The van der Waals surface area contributed by atoms with Crippen molar-refractivity contribution in [2.45, 2.75) is 24.8 Å². The van der Waals surface area contributed by atoms with Gasteiger partial charge in [0.05, 0.1) is 6.10 Å². The second-order valence-corrected chi connectivity index (χ2v) is 6.17. The van der Waals surface area contributed by atoms with E-state index in [1.165, 1.54) is 19.2 Å². The van der Waals surface area contributed by atoms with Crippen molar-refractivity contribution < 1.29 is 23.4 Å². The third-order valence-electron chi connectivity index (χ3n) is 1.95. The zero-order chi connectivity index (χ0) is 13.2. The molecule has 0 aliphatic heterocycles. The first-order chi connectivity index (χ1) is 7.75. The molecule has 0 fully saturated rings. The smallest absolute Gasteiger partial charge is 0.347 e. The van der Waals surface area contributed by atoms with Gasteiger partial charge in [0, 0.05) is 6.54 Å². The van der Waals surface area contributed by atoms with Gasteiger partial charge in [-0.25, -0.2) is 17.9 Å². The number of hydrogen-bond donors (Lipinski definition) is 3. The van der Waals surface area contributed by atoms with Crippen molar-refractivity contribution in [1.29, 1.82) is 0 Å². The molecule has 0 saturated heterocycles. The van der Waals surface area contributed by atoms with Crippen LogP contribution in [0.4, 0.5) is 0 Å². The van der Waals surface area contributed by atoms with Crippen LogP contribution in [0.25, 0.3) is 0 Å². The summed E-state index contributed by atoms with van der Waals surface area (Å²) in [5, 5.41) is 19.4. The number of carboxylic acids is 1. The molecule has 8 heteroatoms. The molecule has 0 saturated carbocycles. The van der Waals surface area contributed by atoms with Crippen LogP contribution >= 0.6 is 11.3 Å². The van der Waals surface area contributed by atoms with Crippen LogP contribution in [-0.4, -0.2) is 37.2 Å². The second kappa shape index (κ2) is 5.13. The van der Waals surface area contributed by atoms with Crippen LogP contribution in [0.3, 0.4) is 0 Å². The van der Waals surface area contributed by atoms with Crippen LogP contribution in [0.2, 0.25) is 0 Å². The van der Waals surface area contributed by atoms with E-state index in [2.05, 4.69) is 4.72 Å². The Balaban J connectivity index is 3.14. The first-order valence-electron chi connectivity index (χ1n) is 4.75. The molecule has 1 rings (SSSR count). The van der Waals surface area contributed by atoms with Gasteiger partial charge in [0.1, 0.15) is 9.77 Å². The van der Waals surface area contributed by atoms with E-state index < -0.39 is 22.1 Å². The highest BCUT2D eigenvalue weighted by molar-refractivity contribution is 7.89. The summed E-state index contributed by atoms with van der Waals surface area (Å²) in [6, 6.07) is 0. The Morgan fingerprint density at radius 3 is 2.65 bits per heavy atom. The summed E-state index contributed by atoms with van der Waals surface area (Å²) in [4.78, 5) is 10.4. The van der Waals surface area contributed by atoms with Gasteiger partial charge >= 0.3 is 5.97 Å². The third-order valence-corrected chi connectivity index (χ3v) is 4.77. The Bertz CT molecular complexity index is 517. The first-order valence-corrected chi connectivity index (χ1v) is 7.11. The zero-order valence-corrected chi connectivity index (χ0v) is 10.9. The number of aliphatic hydroxyl groups is 1. The highest BCUT2D eigenvalue weighted by Gasteiger charge is 2.26. The van der Waals surface area contributed by atoms with Crippen molar-refractivity contribution in [2.75, 3.05) is 6.54 Å². The van der Waals surface area contributed by atoms with Crippen molar-refractivity contribution >= 4 is 27.3 Å². The maximum Gasteiger partial charge on any atom is 0.347 e. The number of aromatic carboxylic acids is 1. The standard InChI is InChI=1S/C9H13NO5S2/c1-5-4-16-7(9(12)13)8(5)17(14,15)10-3-6(2)11/h4,6,10-11H,3H2,1-2H3,(H,12,13)/t6-/m0/s1. The Hall–Kier alpha value is -0.960. The predicted octanol–water partition coefficient (Wildman–Crippen LogP) is 0.414. The molecule has 96 valence electrons. The Morgan fingerprint density at radius 1 is 1.59 bits per heavy atom. The summed E-state index contributed by atoms with van der Waals surface area (Å²) in [6.07, 6.45) is -0.836. The Kier molecular flexibility index (Phi) is 4.26. The Labute approximate surface area is 103 Å². The van der Waals surface area contributed by atoms with E-state index in [4.69, 9.17) is 10.2 Å². The van der Waals surface area contributed by atoms with E-state index in [0.717, 1.165) is 11.3 Å². The van der Waals surface area contributed by atoms with Crippen LogP contribution in [0.1, 0.15) is 22.2 Å². The van der Waals surface area contributed by atoms with Gasteiger partial charge in [-0.05, 0) is 24.8 Å². The van der Waals surface area contributed by atoms with Gasteiger partial charge in [-0.1, -0.05) is 0 Å². The topological polar surface area (TPSA) is 104 Å². The van der Waals surface area contributed by atoms with Crippen molar-refractivity contribution in [3.05, 3.63) is 15.8 Å². The molecule has 17 heavy (non-hydrogen) atoms. The quantitative estimate of drug-likeness (QED) is 0.724. The summed E-state index contributed by atoms with van der Waals surface area (Å²) in [7, 11) is -3.90. The number of carbonyl (C=O) groups is 1. The molecular weight excluding hydrogens is 266 g/mol. The summed E-state index contributed by atoms with van der Waals surface area (Å²) in [5.41, 5.74) is 0.380. The molecule has 0 spiro atoms. The summed E-state index contributed by atoms with van der Waals surface area (Å²) in [6.45, 7) is 2.80. The molecule has 0 unspecified atom stereocenters. The van der Waals surface area contributed by atoms with E-state index in [1.54, 1.807) is 0 Å². The van der Waals surface area contributed by atoms with Crippen LogP contribution in [-0.2, 0) is 10.0 Å². The molecule has 3 N–H and O–H groups in total. The van der Waals surface area contributed by atoms with E-state index in [0.29, 0.717) is 5.56 Å². The van der Waals surface area contributed by atoms with Gasteiger partial charge in [-0.3, -0.25) is 0 Å². The Morgan fingerprint density at radius 2 is 2.18 bits per heavy atom. The van der Waals surface area contributed by atoms with Gasteiger partial charge in [0.15, 0.2) is 0 Å². The fourth-order valence-electron chi connectivity index (χ4n) is 1.22. The SMILES string of the molecule is Cc1csc(C(=O)O)c1S(=O)(=O)NC[C@H](C)O. The fraction of sp³-hybridized carbons (Fsp3) is 0.444. The van der Waals surface area contributed by atoms with Gasteiger partial charge in [0.2, 0.25) is 10.0 Å². The number of rotatable bonds is 5. The van der Waals surface area contributed by atoms with E-state index in [-0.39, 0.29) is 16.3 Å². The highest BCUT2D eigenvalue weighted by Crippen LogP contribution is 2.26. The number of thiophene rings is 1. The maximum absolute atomic E-state index is 11.9. The molecule has 0 bridgehead atoms. The molecule has 0 aromatic carbocycles. The number of sulfonamides is 1. The molecule has 1 aromatic rings. The van der Waals surface area contributed by atoms with Crippen LogP contribution in [0.5, 0.6) is 0 Å². The normalized spacial score (nSPS) is 13.6. The van der Waals surface area contributed by atoms with Crippen molar-refractivity contribution in [3.63, 3.8) is 0 Å². The van der Waals surface area contributed by atoms with Crippen molar-refractivity contribution in [2.24, 2.45) is 0 Å². The summed E-state index contributed by atoms with van der Waals surface area (Å²) in [5.74, 6) is -1.28. The monoisotopic (exact) mass is 279 g/mol. The number of aliphatic hydroxyl groups excluding tert-OH is 1. The molecule has 1 aromatic heterocycles. The number of aryl methyl sites for hydroxylation is 1. The average molecular weight is 279 g/mol. The van der Waals surface area contributed by atoms with Crippen molar-refractivity contribution in [1.82, 2.24) is 4.72 Å². The number of nitrogens with one attached hydrogen (secondary N) is 1. The summed E-state index contributed by atoms with van der Waals surface area (Å²) >= 11 is 0.864. The lowest BCUT2D eigenvalue weighted by Crippen LogP contribution is -2.31. The molecule has 0 aliphatic carbocycles. The lowest BCUT2D eigenvalue weighted by molar-refractivity contribution is 0.0698. The molecular formula is C9H13NO5S2. The maximum atomic E-state index is 11.9. The van der Waals surface area contributed by atoms with Crippen LogP contribution in [0.15, 0.2) is 10.3 Å². The molecule has 1 atom stereocenters. The molecule has 0 radical (unpaired) electrons. The molecule has 0 aliphatic rings. The number of carboxylic acid groups (broad SMARTS) is 1. The molecule has 6 nitrogen and oxygen atoms in total. The summed E-state index contributed by atoms with van der Waals surface area (Å²) < 4.78 is 25.9. The molecule has 0 amide bonds.